The van der Waals surface area contributed by atoms with Gasteiger partial charge in [0.25, 0.3) is 5.91 Å². The van der Waals surface area contributed by atoms with Gasteiger partial charge in [0.15, 0.2) is 0 Å². The summed E-state index contributed by atoms with van der Waals surface area (Å²) in [6.07, 6.45) is 5.50. The van der Waals surface area contributed by atoms with Crippen LogP contribution in [-0.2, 0) is 0 Å². The van der Waals surface area contributed by atoms with Crippen LogP contribution in [0.3, 0.4) is 0 Å². The first-order valence-corrected chi connectivity index (χ1v) is 6.91. The van der Waals surface area contributed by atoms with E-state index in [2.05, 4.69) is 10.3 Å². The highest BCUT2D eigenvalue weighted by atomic mass is 19.1. The van der Waals surface area contributed by atoms with Gasteiger partial charge in [0.2, 0.25) is 0 Å². The molecular formula is C14H18FN3O. The van der Waals surface area contributed by atoms with E-state index in [9.17, 15) is 9.18 Å². The third kappa shape index (κ3) is 2.47. The second-order valence-electron chi connectivity index (χ2n) is 5.27. The molecule has 2 atom stereocenters. The molecule has 0 radical (unpaired) electrons. The Bertz CT molecular complexity index is 456. The lowest BCUT2D eigenvalue weighted by Crippen LogP contribution is -2.46. The van der Waals surface area contributed by atoms with Crippen molar-refractivity contribution in [2.24, 2.45) is 0 Å². The summed E-state index contributed by atoms with van der Waals surface area (Å²) in [4.78, 5) is 18.2. The van der Waals surface area contributed by atoms with Crippen LogP contribution in [0.15, 0.2) is 18.3 Å². The second kappa shape index (κ2) is 5.25. The van der Waals surface area contributed by atoms with Crippen LogP contribution in [0.2, 0.25) is 0 Å². The molecule has 0 aliphatic carbocycles. The Kier molecular flexibility index (Phi) is 3.46. The van der Waals surface area contributed by atoms with E-state index >= 15 is 0 Å². The molecule has 0 spiro atoms. The molecule has 2 unspecified atom stereocenters. The van der Waals surface area contributed by atoms with Crippen LogP contribution in [0, 0.1) is 5.82 Å². The smallest absolute Gasteiger partial charge is 0.272 e. The third-order valence-corrected chi connectivity index (χ3v) is 4.07. The zero-order valence-corrected chi connectivity index (χ0v) is 10.8. The molecule has 5 heteroatoms. The predicted molar refractivity (Wildman–Crippen MR) is 69.3 cm³/mol. The summed E-state index contributed by atoms with van der Waals surface area (Å²) < 4.78 is 12.9. The Hall–Kier alpha value is -1.49. The number of hydrogen-bond acceptors (Lipinski definition) is 3. The van der Waals surface area contributed by atoms with Gasteiger partial charge in [0, 0.05) is 18.6 Å². The molecule has 2 aliphatic heterocycles. The SMILES string of the molecule is O=C(c1ccc(F)cn1)N1CCCC1C1CCCN1. The number of amides is 1. The highest BCUT2D eigenvalue weighted by Crippen LogP contribution is 2.26. The van der Waals surface area contributed by atoms with Crippen LogP contribution in [0.5, 0.6) is 0 Å². The summed E-state index contributed by atoms with van der Waals surface area (Å²) in [5.41, 5.74) is 0.339. The van der Waals surface area contributed by atoms with Crippen molar-refractivity contribution < 1.29 is 9.18 Å². The average Bonchev–Trinajstić information content (AvgIpc) is 3.09. The molecule has 1 aromatic heterocycles. The minimum Gasteiger partial charge on any atom is -0.333 e. The number of aromatic nitrogens is 1. The van der Waals surface area contributed by atoms with Gasteiger partial charge in [-0.3, -0.25) is 4.79 Å². The van der Waals surface area contributed by atoms with E-state index in [4.69, 9.17) is 0 Å². The van der Waals surface area contributed by atoms with E-state index in [1.54, 1.807) is 0 Å². The average molecular weight is 263 g/mol. The quantitative estimate of drug-likeness (QED) is 0.881. The van der Waals surface area contributed by atoms with Gasteiger partial charge < -0.3 is 10.2 Å². The largest absolute Gasteiger partial charge is 0.333 e. The van der Waals surface area contributed by atoms with Crippen molar-refractivity contribution in [3.63, 3.8) is 0 Å². The standard InChI is InChI=1S/C14H18FN3O/c15-10-5-6-12(17-9-10)14(19)18-8-2-4-13(18)11-3-1-7-16-11/h5-6,9,11,13,16H,1-4,7-8H2. The van der Waals surface area contributed by atoms with Crippen molar-refractivity contribution in [3.05, 3.63) is 29.8 Å². The maximum atomic E-state index is 12.9. The summed E-state index contributed by atoms with van der Waals surface area (Å²) in [5.74, 6) is -0.483. The fourth-order valence-electron chi connectivity index (χ4n) is 3.15. The van der Waals surface area contributed by atoms with Crippen molar-refractivity contribution >= 4 is 5.91 Å². The van der Waals surface area contributed by atoms with E-state index in [-0.39, 0.29) is 11.9 Å². The predicted octanol–water partition coefficient (Wildman–Crippen LogP) is 1.58. The minimum absolute atomic E-state index is 0.0730. The molecule has 2 fully saturated rings. The lowest BCUT2D eigenvalue weighted by Gasteiger charge is -2.29. The number of rotatable bonds is 2. The molecular weight excluding hydrogens is 245 g/mol. The Morgan fingerprint density at radius 3 is 2.95 bits per heavy atom. The van der Waals surface area contributed by atoms with Crippen molar-refractivity contribution in [1.82, 2.24) is 15.2 Å². The molecule has 3 rings (SSSR count). The zero-order valence-electron chi connectivity index (χ0n) is 10.8. The van der Waals surface area contributed by atoms with Crippen molar-refractivity contribution in [2.75, 3.05) is 13.1 Å². The summed E-state index contributed by atoms with van der Waals surface area (Å²) in [6, 6.07) is 3.43. The number of halogens is 1. The molecule has 0 bridgehead atoms. The Balaban J connectivity index is 1.76. The van der Waals surface area contributed by atoms with E-state index in [1.165, 1.54) is 18.6 Å². The van der Waals surface area contributed by atoms with Gasteiger partial charge in [-0.25, -0.2) is 9.37 Å². The highest BCUT2D eigenvalue weighted by molar-refractivity contribution is 5.92. The first-order valence-electron chi connectivity index (χ1n) is 6.91. The second-order valence-corrected chi connectivity index (χ2v) is 5.27. The summed E-state index contributed by atoms with van der Waals surface area (Å²) in [7, 11) is 0. The molecule has 2 saturated heterocycles. The first-order chi connectivity index (χ1) is 9.25. The monoisotopic (exact) mass is 263 g/mol. The Morgan fingerprint density at radius 2 is 2.26 bits per heavy atom. The molecule has 1 N–H and O–H groups in total. The van der Waals surface area contributed by atoms with Gasteiger partial charge >= 0.3 is 0 Å². The maximum Gasteiger partial charge on any atom is 0.272 e. The summed E-state index contributed by atoms with van der Waals surface area (Å²) >= 11 is 0. The maximum absolute atomic E-state index is 12.9. The fraction of sp³-hybridized carbons (Fsp3) is 0.571. The molecule has 4 nitrogen and oxygen atoms in total. The molecule has 0 saturated carbocycles. The number of nitrogens with zero attached hydrogens (tertiary/aromatic N) is 2. The van der Waals surface area contributed by atoms with Crippen molar-refractivity contribution in [1.29, 1.82) is 0 Å². The summed E-state index contributed by atoms with van der Waals surface area (Å²) in [6.45, 7) is 1.82. The first kappa shape index (κ1) is 12.5. The van der Waals surface area contributed by atoms with Crippen LogP contribution >= 0.6 is 0 Å². The number of carbonyl (C=O) groups excluding carboxylic acids is 1. The number of likely N-dealkylation sites (tertiary alicyclic amines) is 1. The van der Waals surface area contributed by atoms with E-state index in [1.807, 2.05) is 4.90 Å². The molecule has 19 heavy (non-hydrogen) atoms. The molecule has 3 heterocycles. The number of hydrogen-bond donors (Lipinski definition) is 1. The highest BCUT2D eigenvalue weighted by Gasteiger charge is 2.36. The van der Waals surface area contributed by atoms with Crippen LogP contribution in [-0.4, -0.2) is 41.0 Å². The number of pyridine rings is 1. The lowest BCUT2D eigenvalue weighted by molar-refractivity contribution is 0.0705. The minimum atomic E-state index is -0.410. The van der Waals surface area contributed by atoms with Gasteiger partial charge in [-0.15, -0.1) is 0 Å². The Labute approximate surface area is 112 Å². The molecule has 1 aromatic rings. The van der Waals surface area contributed by atoms with E-state index in [0.717, 1.165) is 38.5 Å². The van der Waals surface area contributed by atoms with Crippen molar-refractivity contribution in [2.45, 2.75) is 37.8 Å². The van der Waals surface area contributed by atoms with Gasteiger partial charge in [0.05, 0.1) is 6.20 Å². The summed E-state index contributed by atoms with van der Waals surface area (Å²) in [5, 5.41) is 3.47. The molecule has 1 amide bonds. The lowest BCUT2D eigenvalue weighted by atomic mass is 10.0. The zero-order chi connectivity index (χ0) is 13.2. The molecule has 102 valence electrons. The Morgan fingerprint density at radius 1 is 1.37 bits per heavy atom. The topological polar surface area (TPSA) is 45.2 Å². The van der Waals surface area contributed by atoms with Gasteiger partial charge in [-0.2, -0.15) is 0 Å². The van der Waals surface area contributed by atoms with Crippen LogP contribution in [0.4, 0.5) is 4.39 Å². The van der Waals surface area contributed by atoms with Gasteiger partial charge in [-0.05, 0) is 44.4 Å². The van der Waals surface area contributed by atoms with Crippen LogP contribution in [0.25, 0.3) is 0 Å². The van der Waals surface area contributed by atoms with Crippen LogP contribution < -0.4 is 5.32 Å². The van der Waals surface area contributed by atoms with Gasteiger partial charge in [0.1, 0.15) is 11.5 Å². The molecule has 0 aromatic carbocycles. The number of carbonyl (C=O) groups is 1. The van der Waals surface area contributed by atoms with Crippen LogP contribution in [0.1, 0.15) is 36.2 Å². The van der Waals surface area contributed by atoms with Gasteiger partial charge in [-0.1, -0.05) is 0 Å². The molecule has 2 aliphatic rings. The van der Waals surface area contributed by atoms with Crippen molar-refractivity contribution in [3.8, 4) is 0 Å². The number of nitrogens with one attached hydrogen (secondary N) is 1. The van der Waals surface area contributed by atoms with E-state index < -0.39 is 5.82 Å². The normalized spacial score (nSPS) is 26.9. The van der Waals surface area contributed by atoms with E-state index in [0.29, 0.717) is 11.7 Å². The third-order valence-electron chi connectivity index (χ3n) is 4.07. The fourth-order valence-corrected chi connectivity index (χ4v) is 3.15.